The molecule has 0 saturated carbocycles. The number of methoxy groups -OCH3 is 3. The maximum absolute atomic E-state index is 12.5. The molecule has 0 bridgehead atoms. The van der Waals surface area contributed by atoms with Crippen molar-refractivity contribution in [2.24, 2.45) is 0 Å². The summed E-state index contributed by atoms with van der Waals surface area (Å²) < 4.78 is 29.0. The minimum absolute atomic E-state index is 0.00139. The van der Waals surface area contributed by atoms with Crippen LogP contribution < -0.4 is 34.1 Å². The first-order valence-electron chi connectivity index (χ1n) is 12.4. The van der Waals surface area contributed by atoms with Gasteiger partial charge in [-0.2, -0.15) is 0 Å². The summed E-state index contributed by atoms with van der Waals surface area (Å²) in [6.45, 7) is 2.31. The smallest absolute Gasteiger partial charge is 0.196 e. The molecule has 4 aromatic rings. The fraction of sp³-hybridized carbons (Fsp3) is 0.219. The highest BCUT2D eigenvalue weighted by atomic mass is 16.5. The molecule has 6 rings (SSSR count). The zero-order valence-corrected chi connectivity index (χ0v) is 21.8. The molecule has 6 nitrogen and oxygen atoms in total. The Kier molecular flexibility index (Phi) is 5.75. The van der Waals surface area contributed by atoms with Crippen LogP contribution >= 0.6 is 0 Å². The minimum Gasteiger partial charge on any atom is -0.497 e. The first kappa shape index (κ1) is 23.9. The molecule has 0 spiro atoms. The quantitative estimate of drug-likeness (QED) is 0.404. The summed E-state index contributed by atoms with van der Waals surface area (Å²) in [6.07, 6.45) is 2.26. The lowest BCUT2D eigenvalue weighted by atomic mass is 9.72. The third-order valence-electron chi connectivity index (χ3n) is 7.66. The summed E-state index contributed by atoms with van der Waals surface area (Å²) in [5.74, 6) is 3.69. The predicted octanol–water partition coefficient (Wildman–Crippen LogP) is 4.16. The topological polar surface area (TPSA) is 63.2 Å². The van der Waals surface area contributed by atoms with E-state index in [1.807, 2.05) is 61.5 Å². The van der Waals surface area contributed by atoms with Crippen LogP contribution in [0.15, 0.2) is 66.7 Å². The van der Waals surface area contributed by atoms with E-state index in [9.17, 15) is 4.79 Å². The van der Waals surface area contributed by atoms with Crippen molar-refractivity contribution in [3.8, 4) is 28.7 Å². The summed E-state index contributed by atoms with van der Waals surface area (Å²) in [5, 5.41) is 3.75. The van der Waals surface area contributed by atoms with Crippen LogP contribution in [0.3, 0.4) is 0 Å². The number of hydrogen-bond acceptors (Lipinski definition) is 6. The van der Waals surface area contributed by atoms with Crippen LogP contribution in [0.25, 0.3) is 22.4 Å². The van der Waals surface area contributed by atoms with Gasteiger partial charge in [-0.25, -0.2) is 0 Å². The van der Waals surface area contributed by atoms with Gasteiger partial charge in [0.05, 0.1) is 26.7 Å². The standard InChI is InChI=1S/C32H28O6/c1-19-27(33)17-37-29-14-10-23-24(31(19)29)11-13-28-25(23)16-32(18-38-28,20-5-7-21(34-2)8-6-20)26-12-9-22(35-3)15-30(26)36-4/h5-16H,17-18H2,1-4H3. The van der Waals surface area contributed by atoms with Gasteiger partial charge in [0.25, 0.3) is 0 Å². The van der Waals surface area contributed by atoms with Gasteiger partial charge in [-0.15, -0.1) is 0 Å². The Morgan fingerprint density at radius 3 is 2.21 bits per heavy atom. The number of Topliss-reactive ketones (excluding diaryl/α,β-unsaturated/α-hetero) is 1. The fourth-order valence-corrected chi connectivity index (χ4v) is 5.57. The van der Waals surface area contributed by atoms with Gasteiger partial charge in [-0.1, -0.05) is 24.3 Å². The van der Waals surface area contributed by atoms with E-state index in [4.69, 9.17) is 23.7 Å². The lowest BCUT2D eigenvalue weighted by Gasteiger charge is -2.36. The molecule has 0 aromatic heterocycles. The second kappa shape index (κ2) is 9.14. The minimum atomic E-state index is -0.674. The lowest BCUT2D eigenvalue weighted by Crippen LogP contribution is -2.39. The van der Waals surface area contributed by atoms with Crippen LogP contribution in [0.4, 0.5) is 0 Å². The molecule has 2 aliphatic heterocycles. The van der Waals surface area contributed by atoms with E-state index in [-0.39, 0.29) is 12.4 Å². The number of fused-ring (bicyclic) bond motifs is 5. The number of ether oxygens (including phenoxy) is 5. The number of carbonyl (C=O) groups is 1. The largest absolute Gasteiger partial charge is 0.497 e. The molecule has 0 fully saturated rings. The Labute approximate surface area is 220 Å². The maximum atomic E-state index is 12.5. The Balaban J connectivity index is 1.70. The number of ketones is 1. The monoisotopic (exact) mass is 508 g/mol. The summed E-state index contributed by atoms with van der Waals surface area (Å²) in [6, 6.07) is 21.9. The van der Waals surface area contributed by atoms with E-state index in [1.54, 1.807) is 21.3 Å². The van der Waals surface area contributed by atoms with Crippen molar-refractivity contribution < 1.29 is 28.5 Å². The van der Waals surface area contributed by atoms with Crippen molar-refractivity contribution in [1.82, 2.24) is 0 Å². The van der Waals surface area contributed by atoms with Crippen LogP contribution in [0, 0.1) is 0 Å². The molecule has 0 radical (unpaired) electrons. The molecule has 0 N–H and O–H groups in total. The Morgan fingerprint density at radius 2 is 1.47 bits per heavy atom. The molecule has 0 aliphatic carbocycles. The normalized spacial score (nSPS) is 18.0. The number of rotatable bonds is 5. The summed E-state index contributed by atoms with van der Waals surface area (Å²) in [7, 11) is 4.96. The van der Waals surface area contributed by atoms with Crippen LogP contribution in [0.5, 0.6) is 28.7 Å². The average Bonchev–Trinajstić information content (AvgIpc) is 2.97. The van der Waals surface area contributed by atoms with Crippen molar-refractivity contribution >= 4 is 28.2 Å². The molecule has 1 atom stereocenters. The summed E-state index contributed by atoms with van der Waals surface area (Å²) in [5.41, 5.74) is 2.02. The van der Waals surface area contributed by atoms with Gasteiger partial charge in [-0.3, -0.25) is 4.79 Å². The fourth-order valence-electron chi connectivity index (χ4n) is 5.57. The molecule has 2 aliphatic rings. The number of carbonyl (C=O) groups excluding carboxylic acids is 1. The first-order valence-corrected chi connectivity index (χ1v) is 12.4. The van der Waals surface area contributed by atoms with Crippen molar-refractivity contribution in [2.75, 3.05) is 34.5 Å². The van der Waals surface area contributed by atoms with Crippen molar-refractivity contribution in [2.45, 2.75) is 12.3 Å². The molecular formula is C32H28O6. The predicted molar refractivity (Wildman–Crippen MR) is 146 cm³/mol. The van der Waals surface area contributed by atoms with Crippen LogP contribution in [0.1, 0.15) is 18.1 Å². The molecular weight excluding hydrogens is 480 g/mol. The van der Waals surface area contributed by atoms with E-state index >= 15 is 0 Å². The number of benzene rings is 4. The average molecular weight is 509 g/mol. The van der Waals surface area contributed by atoms with E-state index in [2.05, 4.69) is 18.2 Å². The first-order chi connectivity index (χ1) is 18.5. The van der Waals surface area contributed by atoms with Gasteiger partial charge < -0.3 is 23.7 Å². The highest BCUT2D eigenvalue weighted by molar-refractivity contribution is 6.17. The molecule has 2 heterocycles. The van der Waals surface area contributed by atoms with Gasteiger partial charge in [-0.05, 0) is 65.7 Å². The lowest BCUT2D eigenvalue weighted by molar-refractivity contribution is -0.116. The van der Waals surface area contributed by atoms with E-state index in [0.29, 0.717) is 23.7 Å². The Bertz CT molecular complexity index is 1700. The third-order valence-corrected chi connectivity index (χ3v) is 7.66. The highest BCUT2D eigenvalue weighted by Gasteiger charge is 2.39. The zero-order valence-electron chi connectivity index (χ0n) is 21.8. The second-order valence-corrected chi connectivity index (χ2v) is 9.55. The van der Waals surface area contributed by atoms with Crippen molar-refractivity contribution in [3.63, 3.8) is 0 Å². The second-order valence-electron chi connectivity index (χ2n) is 9.55. The molecule has 1 unspecified atom stereocenters. The molecule has 0 saturated heterocycles. The molecule has 0 amide bonds. The van der Waals surface area contributed by atoms with Gasteiger partial charge in [0, 0.05) is 27.6 Å². The van der Waals surface area contributed by atoms with Crippen molar-refractivity contribution in [3.05, 3.63) is 88.3 Å². The van der Waals surface area contributed by atoms with Gasteiger partial charge in [0.15, 0.2) is 12.4 Å². The van der Waals surface area contributed by atoms with Crippen LogP contribution in [-0.4, -0.2) is 40.3 Å². The van der Waals surface area contributed by atoms with Crippen molar-refractivity contribution in [1.29, 1.82) is 0 Å². The molecule has 6 heteroatoms. The molecule has 4 aromatic carbocycles. The summed E-state index contributed by atoms with van der Waals surface area (Å²) in [4.78, 5) is 12.5. The summed E-state index contributed by atoms with van der Waals surface area (Å²) >= 11 is 0. The zero-order chi connectivity index (χ0) is 26.4. The highest BCUT2D eigenvalue weighted by Crippen LogP contribution is 2.43. The Hall–Kier alpha value is -4.45. The Morgan fingerprint density at radius 1 is 0.763 bits per heavy atom. The van der Waals surface area contributed by atoms with E-state index in [1.165, 1.54) is 0 Å². The number of hydrogen-bond donors (Lipinski definition) is 0. The van der Waals surface area contributed by atoms with Gasteiger partial charge >= 0.3 is 0 Å². The molecule has 38 heavy (non-hydrogen) atoms. The maximum Gasteiger partial charge on any atom is 0.196 e. The van der Waals surface area contributed by atoms with Gasteiger partial charge in [0.1, 0.15) is 35.4 Å². The van der Waals surface area contributed by atoms with Gasteiger partial charge in [0.2, 0.25) is 0 Å². The molecule has 192 valence electrons. The van der Waals surface area contributed by atoms with Crippen LogP contribution in [-0.2, 0) is 10.2 Å². The van der Waals surface area contributed by atoms with E-state index in [0.717, 1.165) is 49.6 Å². The third kappa shape index (κ3) is 3.59. The van der Waals surface area contributed by atoms with Crippen LogP contribution in [0.2, 0.25) is 0 Å². The van der Waals surface area contributed by atoms with E-state index < -0.39 is 5.41 Å². The SMILES string of the molecule is COc1ccc(C2(c3ccc(OC)cc3OC)C=c3c(ccc4c5c(ccc34)OCC(=O)C=5C)OC2)cc1.